The number of ether oxygens (including phenoxy) is 1. The van der Waals surface area contributed by atoms with Gasteiger partial charge >= 0.3 is 0 Å². The summed E-state index contributed by atoms with van der Waals surface area (Å²) in [6, 6.07) is 22.0. The standard InChI is InChI=1S/C26H25N3O4S2/c1-33-19-10-12-20(13-11-19)35(31,32)29-16-14-18(15-17-29)25(30)27-22-7-3-2-6-21(22)26-28-23-8-4-5-9-24(23)34-26/h2-13,18H,14-17H2,1H3,(H,27,30). The number of thiazole rings is 1. The van der Waals surface area contributed by atoms with Crippen molar-refractivity contribution in [3.05, 3.63) is 72.8 Å². The molecule has 180 valence electrons. The van der Waals surface area contributed by atoms with Crippen molar-refractivity contribution in [3.63, 3.8) is 0 Å². The number of hydrogen-bond donors (Lipinski definition) is 1. The Balaban J connectivity index is 1.27. The van der Waals surface area contributed by atoms with E-state index in [-0.39, 0.29) is 16.7 Å². The Hall–Kier alpha value is -3.27. The monoisotopic (exact) mass is 507 g/mol. The van der Waals surface area contributed by atoms with E-state index in [2.05, 4.69) is 5.32 Å². The van der Waals surface area contributed by atoms with Crippen LogP contribution in [0.2, 0.25) is 0 Å². The average Bonchev–Trinajstić information content (AvgIpc) is 3.33. The summed E-state index contributed by atoms with van der Waals surface area (Å²) in [7, 11) is -2.07. The van der Waals surface area contributed by atoms with Gasteiger partial charge in [-0.3, -0.25) is 4.79 Å². The van der Waals surface area contributed by atoms with Crippen molar-refractivity contribution in [2.24, 2.45) is 5.92 Å². The lowest BCUT2D eigenvalue weighted by molar-refractivity contribution is -0.120. The molecule has 1 aliphatic heterocycles. The second-order valence-corrected chi connectivity index (χ2v) is 11.3. The Bertz CT molecular complexity index is 1420. The van der Waals surface area contributed by atoms with Crippen LogP contribution in [0.4, 0.5) is 5.69 Å². The van der Waals surface area contributed by atoms with Gasteiger partial charge in [0.15, 0.2) is 0 Å². The maximum Gasteiger partial charge on any atom is 0.243 e. The molecule has 1 aromatic heterocycles. The van der Waals surface area contributed by atoms with Crippen molar-refractivity contribution < 1.29 is 17.9 Å². The maximum absolute atomic E-state index is 13.1. The second kappa shape index (κ2) is 9.77. The highest BCUT2D eigenvalue weighted by Crippen LogP contribution is 2.35. The second-order valence-electron chi connectivity index (χ2n) is 8.38. The Labute approximate surface area is 208 Å². The molecule has 3 aromatic carbocycles. The summed E-state index contributed by atoms with van der Waals surface area (Å²) in [5.41, 5.74) is 2.52. The number of fused-ring (bicyclic) bond motifs is 1. The number of rotatable bonds is 6. The fourth-order valence-electron chi connectivity index (χ4n) is 4.26. The van der Waals surface area contributed by atoms with E-state index >= 15 is 0 Å². The minimum atomic E-state index is -3.61. The number of aromatic nitrogens is 1. The summed E-state index contributed by atoms with van der Waals surface area (Å²) in [6.45, 7) is 0.595. The lowest BCUT2D eigenvalue weighted by atomic mass is 9.97. The molecule has 5 rings (SSSR count). The molecule has 7 nitrogen and oxygen atoms in total. The van der Waals surface area contributed by atoms with Gasteiger partial charge in [-0.2, -0.15) is 4.31 Å². The van der Waals surface area contributed by atoms with Crippen LogP contribution < -0.4 is 10.1 Å². The number of benzene rings is 3. The molecule has 0 unspecified atom stereocenters. The van der Waals surface area contributed by atoms with Crippen LogP contribution in [0.1, 0.15) is 12.8 Å². The first-order valence-corrected chi connectivity index (χ1v) is 13.6. The zero-order chi connectivity index (χ0) is 24.4. The fraction of sp³-hybridized carbons (Fsp3) is 0.231. The summed E-state index contributed by atoms with van der Waals surface area (Å²) >= 11 is 1.59. The minimum Gasteiger partial charge on any atom is -0.497 e. The van der Waals surface area contributed by atoms with E-state index in [0.717, 1.165) is 20.8 Å². The molecule has 1 saturated heterocycles. The van der Waals surface area contributed by atoms with Gasteiger partial charge in [0, 0.05) is 24.6 Å². The third kappa shape index (κ3) is 4.80. The van der Waals surface area contributed by atoms with Gasteiger partial charge in [-0.05, 0) is 61.4 Å². The summed E-state index contributed by atoms with van der Waals surface area (Å²) in [5, 5.41) is 3.92. The first-order chi connectivity index (χ1) is 17.0. The molecule has 1 N–H and O–H groups in total. The number of hydrogen-bond acceptors (Lipinski definition) is 6. The van der Waals surface area contributed by atoms with Crippen molar-refractivity contribution >= 4 is 43.2 Å². The third-order valence-corrected chi connectivity index (χ3v) is 9.21. The molecule has 0 aliphatic carbocycles. The number of para-hydroxylation sites is 2. The minimum absolute atomic E-state index is 0.0972. The van der Waals surface area contributed by atoms with Gasteiger partial charge in [0.1, 0.15) is 10.8 Å². The molecule has 1 amide bonds. The third-order valence-electron chi connectivity index (χ3n) is 6.23. The molecule has 0 atom stereocenters. The molecule has 0 spiro atoms. The molecule has 4 aromatic rings. The molecule has 0 bridgehead atoms. The van der Waals surface area contributed by atoms with Crippen molar-refractivity contribution in [2.75, 3.05) is 25.5 Å². The summed E-state index contributed by atoms with van der Waals surface area (Å²) in [6.07, 6.45) is 0.926. The SMILES string of the molecule is COc1ccc(S(=O)(=O)N2CCC(C(=O)Nc3ccccc3-c3nc4ccccc4s3)CC2)cc1. The number of nitrogens with one attached hydrogen (secondary N) is 1. The maximum atomic E-state index is 13.1. The van der Waals surface area contributed by atoms with Gasteiger partial charge in [0.25, 0.3) is 0 Å². The van der Waals surface area contributed by atoms with E-state index in [1.807, 2.05) is 48.5 Å². The Morgan fingerprint density at radius 3 is 2.40 bits per heavy atom. The van der Waals surface area contributed by atoms with Crippen molar-refractivity contribution in [2.45, 2.75) is 17.7 Å². The number of anilines is 1. The van der Waals surface area contributed by atoms with Crippen LogP contribution in [0.25, 0.3) is 20.8 Å². The van der Waals surface area contributed by atoms with Gasteiger partial charge in [-0.25, -0.2) is 13.4 Å². The van der Waals surface area contributed by atoms with E-state index in [1.165, 1.54) is 11.4 Å². The van der Waals surface area contributed by atoms with E-state index in [9.17, 15) is 13.2 Å². The van der Waals surface area contributed by atoms with Crippen molar-refractivity contribution in [1.29, 1.82) is 0 Å². The number of sulfonamides is 1. The number of piperidine rings is 1. The van der Waals surface area contributed by atoms with Crippen LogP contribution in [0, 0.1) is 5.92 Å². The van der Waals surface area contributed by atoms with Crippen LogP contribution in [-0.2, 0) is 14.8 Å². The Morgan fingerprint density at radius 2 is 1.69 bits per heavy atom. The smallest absolute Gasteiger partial charge is 0.243 e. The topological polar surface area (TPSA) is 88.6 Å². The van der Waals surface area contributed by atoms with E-state index in [0.29, 0.717) is 37.4 Å². The van der Waals surface area contributed by atoms with Crippen LogP contribution in [0.15, 0.2) is 77.7 Å². The van der Waals surface area contributed by atoms with Crippen LogP contribution in [0.5, 0.6) is 5.75 Å². The molecule has 1 fully saturated rings. The molecule has 1 aliphatic rings. The summed E-state index contributed by atoms with van der Waals surface area (Å²) in [4.78, 5) is 18.1. The lowest BCUT2D eigenvalue weighted by Gasteiger charge is -2.30. The highest BCUT2D eigenvalue weighted by Gasteiger charge is 2.32. The number of nitrogens with zero attached hydrogens (tertiary/aromatic N) is 2. The zero-order valence-electron chi connectivity index (χ0n) is 19.2. The molecule has 2 heterocycles. The number of amides is 1. The van der Waals surface area contributed by atoms with Crippen molar-refractivity contribution in [3.8, 4) is 16.3 Å². The molecular weight excluding hydrogens is 482 g/mol. The Morgan fingerprint density at radius 1 is 1.00 bits per heavy atom. The van der Waals surface area contributed by atoms with Crippen molar-refractivity contribution in [1.82, 2.24) is 9.29 Å². The quantitative estimate of drug-likeness (QED) is 0.396. The highest BCUT2D eigenvalue weighted by molar-refractivity contribution is 7.89. The van der Waals surface area contributed by atoms with Gasteiger partial charge in [-0.1, -0.05) is 24.3 Å². The first kappa shape index (κ1) is 23.5. The van der Waals surface area contributed by atoms with E-state index in [1.54, 1.807) is 35.6 Å². The van der Waals surface area contributed by atoms with Gasteiger partial charge in [-0.15, -0.1) is 11.3 Å². The summed E-state index contributed by atoms with van der Waals surface area (Å²) < 4.78 is 33.7. The molecule has 9 heteroatoms. The van der Waals surface area contributed by atoms with Gasteiger partial charge in [0.05, 0.1) is 27.9 Å². The molecule has 35 heavy (non-hydrogen) atoms. The largest absolute Gasteiger partial charge is 0.497 e. The number of carbonyl (C=O) groups is 1. The predicted molar refractivity (Wildman–Crippen MR) is 138 cm³/mol. The fourth-order valence-corrected chi connectivity index (χ4v) is 6.73. The average molecular weight is 508 g/mol. The van der Waals surface area contributed by atoms with E-state index in [4.69, 9.17) is 9.72 Å². The number of carbonyl (C=O) groups excluding carboxylic acids is 1. The first-order valence-electron chi connectivity index (χ1n) is 11.4. The Kier molecular flexibility index (Phi) is 6.55. The van der Waals surface area contributed by atoms with Gasteiger partial charge in [0.2, 0.25) is 15.9 Å². The lowest BCUT2D eigenvalue weighted by Crippen LogP contribution is -2.41. The van der Waals surface area contributed by atoms with E-state index < -0.39 is 10.0 Å². The van der Waals surface area contributed by atoms with Crippen LogP contribution in [0.3, 0.4) is 0 Å². The van der Waals surface area contributed by atoms with Crippen LogP contribution >= 0.6 is 11.3 Å². The van der Waals surface area contributed by atoms with Crippen LogP contribution in [-0.4, -0.2) is 43.8 Å². The predicted octanol–water partition coefficient (Wildman–Crippen LogP) is 5.01. The summed E-state index contributed by atoms with van der Waals surface area (Å²) in [5.74, 6) is 0.242. The highest BCUT2D eigenvalue weighted by atomic mass is 32.2. The van der Waals surface area contributed by atoms with Gasteiger partial charge < -0.3 is 10.1 Å². The molecule has 0 saturated carbocycles. The normalized spacial score (nSPS) is 15.2. The zero-order valence-corrected chi connectivity index (χ0v) is 20.8. The molecular formula is C26H25N3O4S2. The number of methoxy groups -OCH3 is 1. The molecule has 0 radical (unpaired) electrons.